The molecule has 5 nitrogen and oxygen atoms in total. The van der Waals surface area contributed by atoms with Crippen molar-refractivity contribution in [1.29, 1.82) is 0 Å². The lowest BCUT2D eigenvalue weighted by molar-refractivity contribution is -0.113. The van der Waals surface area contributed by atoms with Crippen LogP contribution in [0.4, 0.5) is 10.8 Å². The molecule has 0 fully saturated rings. The number of nitrogens with zero attached hydrogens (tertiary/aromatic N) is 2. The summed E-state index contributed by atoms with van der Waals surface area (Å²) in [7, 11) is 0. The van der Waals surface area contributed by atoms with Gasteiger partial charge >= 0.3 is 0 Å². The number of hydrogen-bond acceptors (Lipinski definition) is 6. The van der Waals surface area contributed by atoms with Gasteiger partial charge in [0.25, 0.3) is 0 Å². The minimum atomic E-state index is -0.110. The normalized spacial score (nSPS) is 10.3. The third kappa shape index (κ3) is 5.01. The van der Waals surface area contributed by atoms with E-state index in [0.717, 1.165) is 9.90 Å². The fourth-order valence-corrected chi connectivity index (χ4v) is 3.23. The Morgan fingerprint density at radius 3 is 3.05 bits per heavy atom. The molecule has 1 amide bonds. The van der Waals surface area contributed by atoms with E-state index < -0.39 is 0 Å². The summed E-state index contributed by atoms with van der Waals surface area (Å²) < 4.78 is 0.739. The molecule has 0 saturated carbocycles. The van der Waals surface area contributed by atoms with Gasteiger partial charge in [0, 0.05) is 17.3 Å². The van der Waals surface area contributed by atoms with Crippen LogP contribution in [0.15, 0.2) is 35.2 Å². The second-order valence-corrected chi connectivity index (χ2v) is 6.95. The number of thioether (sulfide) groups is 1. The number of halogens is 1. The number of benzene rings is 1. The van der Waals surface area contributed by atoms with Gasteiger partial charge < -0.3 is 10.6 Å². The summed E-state index contributed by atoms with van der Waals surface area (Å²) >= 11 is 8.78. The van der Waals surface area contributed by atoms with Gasteiger partial charge in [0.05, 0.1) is 5.75 Å². The van der Waals surface area contributed by atoms with E-state index in [1.165, 1.54) is 23.1 Å². The van der Waals surface area contributed by atoms with E-state index in [4.69, 9.17) is 11.6 Å². The summed E-state index contributed by atoms with van der Waals surface area (Å²) in [5.74, 6) is 0.155. The second kappa shape index (κ2) is 8.17. The number of amides is 1. The van der Waals surface area contributed by atoms with E-state index in [2.05, 4.69) is 27.4 Å². The molecule has 8 heteroatoms. The highest BCUT2D eigenvalue weighted by atomic mass is 35.5. The van der Waals surface area contributed by atoms with Crippen molar-refractivity contribution in [2.75, 3.05) is 22.9 Å². The number of rotatable bonds is 7. The maximum absolute atomic E-state index is 11.9. The van der Waals surface area contributed by atoms with Crippen molar-refractivity contribution in [3.05, 3.63) is 41.4 Å². The molecule has 0 atom stereocenters. The van der Waals surface area contributed by atoms with E-state index in [9.17, 15) is 4.79 Å². The zero-order chi connectivity index (χ0) is 15.9. The average molecular weight is 355 g/mol. The average Bonchev–Trinajstić information content (AvgIpc) is 2.95. The molecule has 0 unspecified atom stereocenters. The van der Waals surface area contributed by atoms with Crippen molar-refractivity contribution in [1.82, 2.24) is 10.2 Å². The lowest BCUT2D eigenvalue weighted by Crippen LogP contribution is -2.13. The number of hydrogen-bond donors (Lipinski definition) is 2. The largest absolute Gasteiger partial charge is 0.357 e. The highest BCUT2D eigenvalue weighted by Gasteiger charge is 2.08. The molecule has 0 spiro atoms. The van der Waals surface area contributed by atoms with Crippen molar-refractivity contribution < 1.29 is 4.79 Å². The molecule has 0 radical (unpaired) electrons. The van der Waals surface area contributed by atoms with Gasteiger partial charge in [-0.3, -0.25) is 4.79 Å². The first-order valence-corrected chi connectivity index (χ1v) is 8.63. The monoisotopic (exact) mass is 354 g/mol. The van der Waals surface area contributed by atoms with Crippen molar-refractivity contribution in [2.45, 2.75) is 11.3 Å². The van der Waals surface area contributed by atoms with Crippen LogP contribution in [0.1, 0.15) is 5.56 Å². The predicted molar refractivity (Wildman–Crippen MR) is 94.1 cm³/mol. The zero-order valence-electron chi connectivity index (χ0n) is 11.9. The van der Waals surface area contributed by atoms with E-state index in [1.807, 2.05) is 19.1 Å². The summed E-state index contributed by atoms with van der Waals surface area (Å²) in [4.78, 5) is 11.9. The molecular formula is C14H15ClN4OS2. The highest BCUT2D eigenvalue weighted by molar-refractivity contribution is 8.01. The Labute approximate surface area is 142 Å². The topological polar surface area (TPSA) is 66.9 Å². The molecule has 0 aliphatic carbocycles. The Morgan fingerprint density at radius 1 is 1.50 bits per heavy atom. The first kappa shape index (κ1) is 16.8. The number of carbonyl (C=O) groups is 1. The summed E-state index contributed by atoms with van der Waals surface area (Å²) in [6.07, 6.45) is 1.74. The van der Waals surface area contributed by atoms with Gasteiger partial charge in [-0.15, -0.1) is 16.8 Å². The van der Waals surface area contributed by atoms with Gasteiger partial charge in [-0.2, -0.15) is 0 Å². The van der Waals surface area contributed by atoms with Crippen molar-refractivity contribution in [2.24, 2.45) is 0 Å². The van der Waals surface area contributed by atoms with E-state index in [-0.39, 0.29) is 11.7 Å². The molecule has 0 aliphatic heterocycles. The zero-order valence-corrected chi connectivity index (χ0v) is 14.3. The molecule has 116 valence electrons. The number of nitrogens with one attached hydrogen (secondary N) is 2. The van der Waals surface area contributed by atoms with Crippen LogP contribution in [0.2, 0.25) is 5.02 Å². The minimum absolute atomic E-state index is 0.110. The molecular weight excluding hydrogens is 340 g/mol. The Balaban J connectivity index is 1.83. The van der Waals surface area contributed by atoms with Crippen LogP contribution in [-0.4, -0.2) is 28.4 Å². The Kier molecular flexibility index (Phi) is 6.23. The Bertz CT molecular complexity index is 675. The molecule has 1 aromatic heterocycles. The summed E-state index contributed by atoms with van der Waals surface area (Å²) in [6, 6.07) is 5.43. The molecule has 22 heavy (non-hydrogen) atoms. The van der Waals surface area contributed by atoms with Crippen LogP contribution in [-0.2, 0) is 4.79 Å². The maximum atomic E-state index is 11.9. The number of anilines is 2. The lowest BCUT2D eigenvalue weighted by Gasteiger charge is -2.05. The number of aromatic nitrogens is 2. The smallest absolute Gasteiger partial charge is 0.234 e. The van der Waals surface area contributed by atoms with Crippen LogP contribution in [0.25, 0.3) is 0 Å². The first-order chi connectivity index (χ1) is 10.6. The molecule has 0 aliphatic rings. The van der Waals surface area contributed by atoms with Gasteiger partial charge in [0.1, 0.15) is 0 Å². The molecule has 2 rings (SSSR count). The molecule has 0 bridgehead atoms. The fraction of sp³-hybridized carbons (Fsp3) is 0.214. The third-order valence-corrected chi connectivity index (χ3v) is 5.01. The van der Waals surface area contributed by atoms with Gasteiger partial charge in [0.15, 0.2) is 4.34 Å². The quantitative estimate of drug-likeness (QED) is 0.584. The highest BCUT2D eigenvalue weighted by Crippen LogP contribution is 2.26. The van der Waals surface area contributed by atoms with Crippen LogP contribution < -0.4 is 10.6 Å². The van der Waals surface area contributed by atoms with E-state index >= 15 is 0 Å². The molecule has 2 N–H and O–H groups in total. The fourth-order valence-electron chi connectivity index (χ4n) is 1.49. The van der Waals surface area contributed by atoms with Crippen molar-refractivity contribution in [3.63, 3.8) is 0 Å². The summed E-state index contributed by atoms with van der Waals surface area (Å²) in [5, 5.41) is 15.2. The first-order valence-electron chi connectivity index (χ1n) is 6.45. The third-order valence-electron chi connectivity index (χ3n) is 2.59. The lowest BCUT2D eigenvalue weighted by atomic mass is 10.2. The van der Waals surface area contributed by atoms with Crippen LogP contribution in [0, 0.1) is 6.92 Å². The summed E-state index contributed by atoms with van der Waals surface area (Å²) in [6.45, 7) is 6.17. The van der Waals surface area contributed by atoms with Gasteiger partial charge in [-0.05, 0) is 24.6 Å². The minimum Gasteiger partial charge on any atom is -0.357 e. The summed E-state index contributed by atoms with van der Waals surface area (Å²) in [5.41, 5.74) is 1.66. The molecule has 2 aromatic rings. The van der Waals surface area contributed by atoms with Gasteiger partial charge in [-0.25, -0.2) is 0 Å². The standard InChI is InChI=1S/C14H15ClN4OS2/c1-3-6-16-13-18-19-14(22-13)21-8-12(20)17-10-5-4-9(2)11(15)7-10/h3-5,7H,1,6,8H2,2H3,(H,16,18)(H,17,20). The van der Waals surface area contributed by atoms with E-state index in [0.29, 0.717) is 22.4 Å². The van der Waals surface area contributed by atoms with Crippen molar-refractivity contribution in [3.8, 4) is 0 Å². The maximum Gasteiger partial charge on any atom is 0.234 e. The number of carbonyl (C=O) groups excluding carboxylic acids is 1. The number of aryl methyl sites for hydroxylation is 1. The Morgan fingerprint density at radius 2 is 2.32 bits per heavy atom. The molecule has 0 saturated heterocycles. The van der Waals surface area contributed by atoms with Crippen LogP contribution in [0.3, 0.4) is 0 Å². The predicted octanol–water partition coefficient (Wildman–Crippen LogP) is 3.83. The second-order valence-electron chi connectivity index (χ2n) is 4.34. The van der Waals surface area contributed by atoms with Gasteiger partial charge in [0.2, 0.25) is 11.0 Å². The Hall–Kier alpha value is -1.57. The van der Waals surface area contributed by atoms with Crippen LogP contribution >= 0.6 is 34.7 Å². The SMILES string of the molecule is C=CCNc1nnc(SCC(=O)Nc2ccc(C)c(Cl)c2)s1. The molecule has 1 aromatic carbocycles. The molecule has 1 heterocycles. The van der Waals surface area contributed by atoms with Crippen LogP contribution in [0.5, 0.6) is 0 Å². The van der Waals surface area contributed by atoms with Gasteiger partial charge in [-0.1, -0.05) is 46.8 Å². The van der Waals surface area contributed by atoms with Crippen molar-refractivity contribution >= 4 is 51.4 Å². The van der Waals surface area contributed by atoms with E-state index in [1.54, 1.807) is 12.1 Å².